The van der Waals surface area contributed by atoms with Gasteiger partial charge >= 0.3 is 0 Å². The van der Waals surface area contributed by atoms with Gasteiger partial charge in [0.05, 0.1) is 17.7 Å². The fourth-order valence-corrected chi connectivity index (χ4v) is 4.74. The molecule has 0 atom stereocenters. The topological polar surface area (TPSA) is 75.2 Å². The van der Waals surface area contributed by atoms with Crippen LogP contribution in [0.25, 0.3) is 0 Å². The molecule has 0 bridgehead atoms. The molecule has 4 rings (SSSR count). The summed E-state index contributed by atoms with van der Waals surface area (Å²) in [6, 6.07) is 9.40. The van der Waals surface area contributed by atoms with Crippen LogP contribution in [-0.2, 0) is 23.4 Å². The lowest BCUT2D eigenvalue weighted by molar-refractivity contribution is -0.133. The Morgan fingerprint density at radius 3 is 2.27 bits per heavy atom. The number of carbonyl (C=O) groups is 2. The number of aryl methyl sites for hydroxylation is 3. The van der Waals surface area contributed by atoms with E-state index in [2.05, 4.69) is 15.3 Å². The number of hydrogen-bond acceptors (Lipinski definition) is 4. The van der Waals surface area contributed by atoms with Crippen molar-refractivity contribution in [3.63, 3.8) is 0 Å². The van der Waals surface area contributed by atoms with E-state index in [4.69, 9.17) is 0 Å². The molecule has 0 saturated carbocycles. The monoisotopic (exact) mass is 510 g/mol. The molecule has 37 heavy (non-hydrogen) atoms. The van der Waals surface area contributed by atoms with Crippen molar-refractivity contribution in [2.45, 2.75) is 52.2 Å². The van der Waals surface area contributed by atoms with Crippen molar-refractivity contribution in [3.8, 4) is 0 Å². The van der Waals surface area contributed by atoms with Crippen LogP contribution in [-0.4, -0.2) is 39.8 Å². The van der Waals surface area contributed by atoms with E-state index in [9.17, 15) is 18.4 Å². The van der Waals surface area contributed by atoms with Gasteiger partial charge in [-0.25, -0.2) is 23.1 Å². The van der Waals surface area contributed by atoms with Crippen molar-refractivity contribution in [1.29, 1.82) is 0 Å². The van der Waals surface area contributed by atoms with Crippen LogP contribution >= 0.6 is 0 Å². The number of likely N-dealkylation sites (tertiary alicyclic amines) is 1. The quantitative estimate of drug-likeness (QED) is 0.524. The number of benzene rings is 2. The van der Waals surface area contributed by atoms with Crippen LogP contribution in [0.4, 0.5) is 13.2 Å². The molecule has 0 spiro atoms. The van der Waals surface area contributed by atoms with E-state index >= 15 is 4.39 Å². The Bertz CT molecular complexity index is 1300. The summed E-state index contributed by atoms with van der Waals surface area (Å²) in [6.45, 7) is 5.88. The van der Waals surface area contributed by atoms with Gasteiger partial charge in [0, 0.05) is 44.2 Å². The highest BCUT2D eigenvalue weighted by Crippen LogP contribution is 2.38. The highest BCUT2D eigenvalue weighted by atomic mass is 19.1. The number of halogens is 3. The number of nitrogens with one attached hydrogen (secondary N) is 1. The van der Waals surface area contributed by atoms with E-state index in [1.54, 1.807) is 6.92 Å². The first kappa shape index (κ1) is 26.3. The van der Waals surface area contributed by atoms with Crippen LogP contribution in [0.3, 0.4) is 0 Å². The molecule has 1 fully saturated rings. The summed E-state index contributed by atoms with van der Waals surface area (Å²) in [4.78, 5) is 35.5. The first-order chi connectivity index (χ1) is 17.6. The largest absolute Gasteiger partial charge is 0.348 e. The van der Waals surface area contributed by atoms with Crippen molar-refractivity contribution < 1.29 is 22.8 Å². The fourth-order valence-electron chi connectivity index (χ4n) is 4.74. The van der Waals surface area contributed by atoms with Crippen LogP contribution in [0.15, 0.2) is 42.6 Å². The first-order valence-electron chi connectivity index (χ1n) is 12.1. The lowest BCUT2D eigenvalue weighted by Crippen LogP contribution is -2.45. The van der Waals surface area contributed by atoms with Gasteiger partial charge in [0.15, 0.2) is 5.67 Å². The molecule has 194 valence electrons. The van der Waals surface area contributed by atoms with Gasteiger partial charge in [-0.05, 0) is 38.5 Å². The maximum absolute atomic E-state index is 16.2. The number of aromatic nitrogens is 2. The molecule has 0 radical (unpaired) electrons. The zero-order valence-corrected chi connectivity index (χ0v) is 21.1. The lowest BCUT2D eigenvalue weighted by Gasteiger charge is -2.36. The molecule has 0 aliphatic carbocycles. The molecule has 1 aromatic heterocycles. The molecular weight excluding hydrogens is 481 g/mol. The van der Waals surface area contributed by atoms with Crippen LogP contribution in [0, 0.1) is 32.4 Å². The number of nitrogens with zero attached hydrogens (tertiary/aromatic N) is 3. The van der Waals surface area contributed by atoms with Crippen molar-refractivity contribution in [3.05, 3.63) is 93.6 Å². The van der Waals surface area contributed by atoms with E-state index in [-0.39, 0.29) is 49.3 Å². The number of rotatable bonds is 6. The lowest BCUT2D eigenvalue weighted by atomic mass is 9.87. The van der Waals surface area contributed by atoms with Gasteiger partial charge in [-0.3, -0.25) is 9.59 Å². The number of carbonyl (C=O) groups excluding carboxylic acids is 2. The molecule has 2 heterocycles. The summed E-state index contributed by atoms with van der Waals surface area (Å²) in [5.74, 6) is -2.24. The summed E-state index contributed by atoms with van der Waals surface area (Å²) in [6.07, 6.45) is 0.670. The predicted octanol–water partition coefficient (Wildman–Crippen LogP) is 4.64. The van der Waals surface area contributed by atoms with Gasteiger partial charge in [0.1, 0.15) is 17.5 Å². The van der Waals surface area contributed by atoms with Crippen LogP contribution in [0.5, 0.6) is 0 Å². The number of alkyl halides is 1. The summed E-state index contributed by atoms with van der Waals surface area (Å²) >= 11 is 0. The molecule has 9 heteroatoms. The van der Waals surface area contributed by atoms with Gasteiger partial charge in [-0.2, -0.15) is 0 Å². The summed E-state index contributed by atoms with van der Waals surface area (Å²) in [5.41, 5.74) is 0.846. The first-order valence-corrected chi connectivity index (χ1v) is 12.1. The molecule has 6 nitrogen and oxygen atoms in total. The van der Waals surface area contributed by atoms with E-state index in [0.717, 1.165) is 28.8 Å². The highest BCUT2D eigenvalue weighted by Gasteiger charge is 2.41. The normalized spacial score (nSPS) is 14.9. The zero-order valence-electron chi connectivity index (χ0n) is 21.1. The van der Waals surface area contributed by atoms with E-state index < -0.39 is 35.5 Å². The second-order valence-electron chi connectivity index (χ2n) is 9.58. The molecule has 3 aromatic rings. The van der Waals surface area contributed by atoms with Gasteiger partial charge in [-0.1, -0.05) is 35.4 Å². The fraction of sp³-hybridized carbons (Fsp3) is 0.357. The molecule has 2 amide bonds. The minimum absolute atomic E-state index is 0.00910. The number of piperidine rings is 1. The van der Waals surface area contributed by atoms with Crippen molar-refractivity contribution in [2.24, 2.45) is 0 Å². The second-order valence-corrected chi connectivity index (χ2v) is 9.58. The Hall–Kier alpha value is -3.75. The second kappa shape index (κ2) is 10.7. The average Bonchev–Trinajstić information content (AvgIpc) is 2.84. The predicted molar refractivity (Wildman–Crippen MR) is 133 cm³/mol. The van der Waals surface area contributed by atoms with Crippen LogP contribution < -0.4 is 5.32 Å². The van der Waals surface area contributed by atoms with E-state index in [1.165, 1.54) is 17.2 Å². The molecule has 1 N–H and O–H groups in total. The maximum atomic E-state index is 16.2. The summed E-state index contributed by atoms with van der Waals surface area (Å²) in [7, 11) is 0. The average molecular weight is 511 g/mol. The van der Waals surface area contributed by atoms with Crippen molar-refractivity contribution >= 4 is 11.8 Å². The molecule has 1 saturated heterocycles. The summed E-state index contributed by atoms with van der Waals surface area (Å²) in [5, 5.41) is 2.83. The van der Waals surface area contributed by atoms with Crippen molar-refractivity contribution in [2.75, 3.05) is 13.1 Å². The molecule has 1 aliphatic rings. The van der Waals surface area contributed by atoms with Gasteiger partial charge in [0.2, 0.25) is 5.91 Å². The third-order valence-electron chi connectivity index (χ3n) is 6.61. The third kappa shape index (κ3) is 5.98. The van der Waals surface area contributed by atoms with Gasteiger partial charge in [-0.15, -0.1) is 0 Å². The minimum Gasteiger partial charge on any atom is -0.348 e. The smallest absolute Gasteiger partial charge is 0.255 e. The Balaban J connectivity index is 1.47. The zero-order chi connectivity index (χ0) is 26.7. The Morgan fingerprint density at radius 2 is 1.65 bits per heavy atom. The van der Waals surface area contributed by atoms with E-state index in [1.807, 2.05) is 32.0 Å². The Morgan fingerprint density at radius 1 is 1.03 bits per heavy atom. The molecule has 1 aliphatic heterocycles. The minimum atomic E-state index is -1.96. The maximum Gasteiger partial charge on any atom is 0.255 e. The Labute approximate surface area is 213 Å². The number of amides is 2. The van der Waals surface area contributed by atoms with Gasteiger partial charge in [0.25, 0.3) is 5.91 Å². The number of hydrogen-bond donors (Lipinski definition) is 1. The molecule has 2 aromatic carbocycles. The van der Waals surface area contributed by atoms with Gasteiger partial charge < -0.3 is 10.2 Å². The van der Waals surface area contributed by atoms with Crippen LogP contribution in [0.1, 0.15) is 57.0 Å². The van der Waals surface area contributed by atoms with E-state index in [0.29, 0.717) is 5.82 Å². The third-order valence-corrected chi connectivity index (χ3v) is 6.61. The molecular formula is C28H29F3N4O2. The molecule has 0 unspecified atom stereocenters. The Kier molecular flexibility index (Phi) is 7.61. The highest BCUT2D eigenvalue weighted by molar-refractivity contribution is 5.95. The SMILES string of the molecule is Cc1cc(C)cc(CNC(=O)c2cnc(C)nc2C2(F)CCN(C(=O)Cc3c(F)cccc3F)CC2)c1. The summed E-state index contributed by atoms with van der Waals surface area (Å²) < 4.78 is 44.2. The van der Waals surface area contributed by atoms with Crippen molar-refractivity contribution in [1.82, 2.24) is 20.2 Å². The standard InChI is InChI=1S/C28H29F3N4O2/c1-17-11-18(2)13-20(12-17)15-33-27(37)22-16-32-19(3)34-26(22)28(31)7-9-35(10-8-28)25(36)14-21-23(29)5-4-6-24(21)30/h4-6,11-13,16H,7-10,14-15H2,1-3H3,(H,33,37). The van der Waals surface area contributed by atoms with Crippen LogP contribution in [0.2, 0.25) is 0 Å².